The molecule has 2 aliphatic rings. The number of amides is 1. The molecule has 2 aromatic heterocycles. The molecule has 0 radical (unpaired) electrons. The van der Waals surface area contributed by atoms with E-state index in [4.69, 9.17) is 10.5 Å². The molecule has 3 heterocycles. The predicted molar refractivity (Wildman–Crippen MR) is 135 cm³/mol. The quantitative estimate of drug-likeness (QED) is 0.446. The molecule has 200 valence electrons. The van der Waals surface area contributed by atoms with Crippen LogP contribution >= 0.6 is 0 Å². The molecule has 1 aliphatic carbocycles. The zero-order valence-electron chi connectivity index (χ0n) is 21.0. The van der Waals surface area contributed by atoms with E-state index < -0.39 is 46.8 Å². The van der Waals surface area contributed by atoms with Crippen molar-refractivity contribution in [3.8, 4) is 17.0 Å². The molecule has 10 heteroatoms. The minimum Gasteiger partial charge on any atom is -0.490 e. The van der Waals surface area contributed by atoms with Gasteiger partial charge in [0.1, 0.15) is 23.0 Å². The molecule has 4 N–H and O–H groups in total. The second kappa shape index (κ2) is 10.3. The van der Waals surface area contributed by atoms with Gasteiger partial charge in [0, 0.05) is 17.8 Å². The second-order valence-corrected chi connectivity index (χ2v) is 10.2. The Morgan fingerprint density at radius 1 is 1.13 bits per heavy atom. The van der Waals surface area contributed by atoms with Crippen molar-refractivity contribution in [3.63, 3.8) is 0 Å². The van der Waals surface area contributed by atoms with Crippen LogP contribution < -0.4 is 15.8 Å². The summed E-state index contributed by atoms with van der Waals surface area (Å²) in [5.74, 6) is -4.01. The molecule has 1 saturated carbocycles. The largest absolute Gasteiger partial charge is 0.490 e. The molecule has 7 nitrogen and oxygen atoms in total. The van der Waals surface area contributed by atoms with Crippen molar-refractivity contribution in [1.29, 1.82) is 0 Å². The average molecular weight is 527 g/mol. The maximum atomic E-state index is 15.4. The van der Waals surface area contributed by atoms with E-state index in [1.807, 2.05) is 13.8 Å². The number of aliphatic hydroxyl groups is 1. The summed E-state index contributed by atoms with van der Waals surface area (Å²) in [5, 5.41) is 13.0. The van der Waals surface area contributed by atoms with Crippen LogP contribution in [0.3, 0.4) is 0 Å². The van der Waals surface area contributed by atoms with Gasteiger partial charge in [-0.15, -0.1) is 0 Å². The maximum Gasteiger partial charge on any atom is 0.274 e. The van der Waals surface area contributed by atoms with E-state index in [9.17, 15) is 14.3 Å². The number of anilines is 1. The minimum absolute atomic E-state index is 0.0282. The van der Waals surface area contributed by atoms with E-state index in [2.05, 4.69) is 15.3 Å². The topological polar surface area (TPSA) is 110 Å². The number of ether oxygens (including phenoxy) is 1. The number of halogens is 3. The lowest BCUT2D eigenvalue weighted by Gasteiger charge is -2.36. The highest BCUT2D eigenvalue weighted by molar-refractivity contribution is 6.03. The van der Waals surface area contributed by atoms with Gasteiger partial charge in [0.2, 0.25) is 0 Å². The first-order valence-electron chi connectivity index (χ1n) is 12.7. The summed E-state index contributed by atoms with van der Waals surface area (Å²) in [6.45, 7) is 4.01. The highest BCUT2D eigenvalue weighted by Crippen LogP contribution is 2.42. The Kier molecular flexibility index (Phi) is 7.11. The van der Waals surface area contributed by atoms with E-state index in [1.54, 1.807) is 12.3 Å². The molecule has 0 bridgehead atoms. The number of benzene rings is 1. The molecule has 0 spiro atoms. The smallest absolute Gasteiger partial charge is 0.274 e. The summed E-state index contributed by atoms with van der Waals surface area (Å²) < 4.78 is 50.7. The SMILES string of the molecule is CC1CCOc2c1cc(F)c(-c1nc(C(=O)Nc3cnccc3C3CC(C)C(O)C(N)C3)ccc1F)c2F. The van der Waals surface area contributed by atoms with Crippen molar-refractivity contribution >= 4 is 11.6 Å². The monoisotopic (exact) mass is 526 g/mol. The van der Waals surface area contributed by atoms with Crippen LogP contribution in [-0.2, 0) is 0 Å². The van der Waals surface area contributed by atoms with Crippen LogP contribution in [0.2, 0.25) is 0 Å². The van der Waals surface area contributed by atoms with Crippen LogP contribution in [0.4, 0.5) is 18.9 Å². The number of carbonyl (C=O) groups excluding carboxylic acids is 1. The lowest BCUT2D eigenvalue weighted by molar-refractivity contribution is 0.0521. The first-order valence-corrected chi connectivity index (χ1v) is 12.7. The molecule has 1 aromatic carbocycles. The van der Waals surface area contributed by atoms with Crippen LogP contribution in [-0.4, -0.2) is 39.7 Å². The van der Waals surface area contributed by atoms with Gasteiger partial charge in [0.15, 0.2) is 11.6 Å². The van der Waals surface area contributed by atoms with Gasteiger partial charge >= 0.3 is 0 Å². The Hall–Kier alpha value is -3.50. The van der Waals surface area contributed by atoms with E-state index >= 15 is 8.78 Å². The fraction of sp³-hybridized carbons (Fsp3) is 0.393. The van der Waals surface area contributed by atoms with Crippen LogP contribution in [0.15, 0.2) is 36.7 Å². The summed E-state index contributed by atoms with van der Waals surface area (Å²) >= 11 is 0. The average Bonchev–Trinajstić information content (AvgIpc) is 2.89. The Balaban J connectivity index is 1.46. The number of carbonyl (C=O) groups is 1. The van der Waals surface area contributed by atoms with Gasteiger partial charge in [-0.05, 0) is 66.8 Å². The minimum atomic E-state index is -1.05. The Labute approximate surface area is 218 Å². The first kappa shape index (κ1) is 26.1. The second-order valence-electron chi connectivity index (χ2n) is 10.2. The highest BCUT2D eigenvalue weighted by Gasteiger charge is 2.34. The van der Waals surface area contributed by atoms with E-state index in [0.29, 0.717) is 30.5 Å². The number of rotatable bonds is 4. The van der Waals surface area contributed by atoms with E-state index in [0.717, 1.165) is 23.8 Å². The third-order valence-corrected chi connectivity index (χ3v) is 7.62. The third-order valence-electron chi connectivity index (χ3n) is 7.62. The fourth-order valence-electron chi connectivity index (χ4n) is 5.47. The number of aliphatic hydroxyl groups excluding tert-OH is 1. The molecule has 38 heavy (non-hydrogen) atoms. The molecule has 3 aromatic rings. The van der Waals surface area contributed by atoms with Crippen molar-refractivity contribution in [2.45, 2.75) is 57.1 Å². The van der Waals surface area contributed by atoms with Gasteiger partial charge in [-0.1, -0.05) is 13.8 Å². The van der Waals surface area contributed by atoms with E-state index in [-0.39, 0.29) is 35.8 Å². The van der Waals surface area contributed by atoms with Gasteiger partial charge in [0.05, 0.1) is 30.2 Å². The molecule has 1 fully saturated rings. The van der Waals surface area contributed by atoms with Gasteiger partial charge < -0.3 is 20.9 Å². The lowest BCUT2D eigenvalue weighted by atomic mass is 9.74. The van der Waals surface area contributed by atoms with Crippen molar-refractivity contribution < 1.29 is 27.8 Å². The normalized spacial score (nSPS) is 24.9. The summed E-state index contributed by atoms with van der Waals surface area (Å²) in [6.07, 6.45) is 4.28. The highest BCUT2D eigenvalue weighted by atomic mass is 19.1. The number of aromatic nitrogens is 2. The molecule has 5 rings (SSSR count). The number of hydrogen-bond donors (Lipinski definition) is 3. The standard InChI is InChI=1S/C28H29F3N4O3/c1-13-6-8-38-27-17(13)11-19(30)23(24(27)31)25-18(29)3-4-21(34-25)28(37)35-22-12-33-7-5-16(22)15-9-14(2)26(36)20(32)10-15/h3-5,7,11-15,20,26,36H,6,8-10,32H2,1-2H3,(H,35,37). The Morgan fingerprint density at radius 3 is 2.68 bits per heavy atom. The first-order chi connectivity index (χ1) is 18.2. The number of fused-ring (bicyclic) bond motifs is 1. The number of nitrogens with one attached hydrogen (secondary N) is 1. The van der Waals surface area contributed by atoms with Crippen molar-refractivity contribution in [3.05, 3.63) is 70.9 Å². The number of pyridine rings is 2. The van der Waals surface area contributed by atoms with Crippen LogP contribution in [0.5, 0.6) is 5.75 Å². The van der Waals surface area contributed by atoms with Gasteiger partial charge in [-0.3, -0.25) is 9.78 Å². The fourth-order valence-corrected chi connectivity index (χ4v) is 5.47. The zero-order valence-corrected chi connectivity index (χ0v) is 21.0. The zero-order chi connectivity index (χ0) is 27.1. The lowest BCUT2D eigenvalue weighted by Crippen LogP contribution is -2.44. The molecule has 5 unspecified atom stereocenters. The Bertz CT molecular complexity index is 1370. The number of nitrogens with two attached hydrogens (primary N) is 1. The maximum absolute atomic E-state index is 15.4. The number of hydrogen-bond acceptors (Lipinski definition) is 6. The molecule has 1 aliphatic heterocycles. The van der Waals surface area contributed by atoms with Crippen LogP contribution in [0.25, 0.3) is 11.3 Å². The third kappa shape index (κ3) is 4.74. The van der Waals surface area contributed by atoms with Crippen molar-refractivity contribution in [2.75, 3.05) is 11.9 Å². The predicted octanol–water partition coefficient (Wildman–Crippen LogP) is 4.90. The van der Waals surface area contributed by atoms with E-state index in [1.165, 1.54) is 6.20 Å². The summed E-state index contributed by atoms with van der Waals surface area (Å²) in [5.41, 5.74) is 6.18. The Morgan fingerprint density at radius 2 is 1.92 bits per heavy atom. The van der Waals surface area contributed by atoms with Gasteiger partial charge in [0.25, 0.3) is 5.91 Å². The number of nitrogens with zero attached hydrogens (tertiary/aromatic N) is 2. The van der Waals surface area contributed by atoms with Crippen LogP contribution in [0.1, 0.15) is 66.6 Å². The summed E-state index contributed by atoms with van der Waals surface area (Å²) in [4.78, 5) is 21.3. The molecular weight excluding hydrogens is 497 g/mol. The van der Waals surface area contributed by atoms with Gasteiger partial charge in [-0.25, -0.2) is 18.2 Å². The summed E-state index contributed by atoms with van der Waals surface area (Å²) in [7, 11) is 0. The molecule has 5 atom stereocenters. The molecule has 1 amide bonds. The van der Waals surface area contributed by atoms with Crippen molar-refractivity contribution in [1.82, 2.24) is 9.97 Å². The molecular formula is C28H29F3N4O3. The van der Waals surface area contributed by atoms with Gasteiger partial charge in [-0.2, -0.15) is 0 Å². The van der Waals surface area contributed by atoms with Crippen molar-refractivity contribution in [2.24, 2.45) is 11.7 Å². The molecule has 0 saturated heterocycles. The van der Waals surface area contributed by atoms with Crippen LogP contribution in [0, 0.1) is 23.4 Å². The summed E-state index contributed by atoms with van der Waals surface area (Å²) in [6, 6.07) is 4.61.